The fraction of sp³-hybridized carbons (Fsp3) is 0.905. The predicted molar refractivity (Wildman–Crippen MR) is 101 cm³/mol. The second-order valence-electron chi connectivity index (χ2n) is 9.87. The monoisotopic (exact) mass is 510 g/mol. The summed E-state index contributed by atoms with van der Waals surface area (Å²) in [6.07, 6.45) is -11.5. The molecule has 2 aliphatic carbocycles. The number of hydrogen-bond acceptors (Lipinski definition) is 6. The summed E-state index contributed by atoms with van der Waals surface area (Å²) in [5, 5.41) is 31.4. The normalized spacial score (nSPS) is 37.2. The van der Waals surface area contributed by atoms with Gasteiger partial charge in [0, 0.05) is 17.3 Å². The first-order valence-electron chi connectivity index (χ1n) is 10.8. The lowest BCUT2D eigenvalue weighted by molar-refractivity contribution is -0.367. The second kappa shape index (κ2) is 8.84. The summed E-state index contributed by atoms with van der Waals surface area (Å²) in [6.45, 7) is 6.62. The van der Waals surface area contributed by atoms with Crippen molar-refractivity contribution in [2.45, 2.75) is 76.3 Å². The highest BCUT2D eigenvalue weighted by molar-refractivity contribution is 5.12. The molecule has 2 saturated carbocycles. The number of aliphatic hydroxyl groups excluding tert-OH is 3. The predicted octanol–water partition coefficient (Wildman–Crippen LogP) is 3.31. The molecule has 0 aromatic heterocycles. The Hall–Kier alpha value is -0.990. The number of ether oxygens (including phenoxy) is 3. The van der Waals surface area contributed by atoms with Gasteiger partial charge in [0.05, 0.1) is 12.2 Å². The van der Waals surface area contributed by atoms with Crippen molar-refractivity contribution in [1.29, 1.82) is 0 Å². The van der Waals surface area contributed by atoms with E-state index in [2.05, 4.69) is 11.3 Å². The number of hydrogen-bond donors (Lipinski definition) is 3. The molecule has 0 spiro atoms. The van der Waals surface area contributed by atoms with Gasteiger partial charge in [0.1, 0.15) is 6.61 Å². The first-order chi connectivity index (χ1) is 15.4. The highest BCUT2D eigenvalue weighted by Gasteiger charge is 2.73. The molecule has 0 amide bonds. The Bertz CT molecular complexity index is 762. The molecule has 3 N–H and O–H groups in total. The molecule has 0 aromatic rings. The number of fused-ring (bicyclic) bond motifs is 1. The van der Waals surface area contributed by atoms with E-state index < -0.39 is 84.8 Å². The lowest BCUT2D eigenvalue weighted by Gasteiger charge is -2.41. The quantitative estimate of drug-likeness (QED) is 0.238. The number of alkyl halides is 7. The zero-order valence-corrected chi connectivity index (χ0v) is 18.7. The largest absolute Gasteiger partial charge is 0.459 e. The number of rotatable bonds is 10. The minimum Gasteiger partial charge on any atom is -0.368 e. The summed E-state index contributed by atoms with van der Waals surface area (Å²) in [5.74, 6) is -15.3. The molecule has 0 radical (unpaired) electrons. The standard InChI is InChI=1S/C21H29F7O6/c1-5-18(4,8(2)3)17(31)34-14-9-6-10-12(16(30)33-13(10)14)11(9)15(29)32-7-19(22,23)20(24,25)21(26,27)28/h5,8-17,29-31H,1,6-7H2,2-4H3. The van der Waals surface area contributed by atoms with Gasteiger partial charge in [-0.05, 0) is 24.2 Å². The van der Waals surface area contributed by atoms with Crippen molar-refractivity contribution in [2.24, 2.45) is 35.0 Å². The van der Waals surface area contributed by atoms with E-state index in [0.717, 1.165) is 0 Å². The van der Waals surface area contributed by atoms with Crippen LogP contribution in [0.15, 0.2) is 12.7 Å². The van der Waals surface area contributed by atoms with Gasteiger partial charge in [-0.25, -0.2) is 0 Å². The van der Waals surface area contributed by atoms with Crippen LogP contribution in [-0.4, -0.2) is 71.0 Å². The van der Waals surface area contributed by atoms with E-state index in [-0.39, 0.29) is 12.3 Å². The third-order valence-electron chi connectivity index (χ3n) is 7.85. The molecule has 34 heavy (non-hydrogen) atoms. The van der Waals surface area contributed by atoms with Gasteiger partial charge in [0.15, 0.2) is 18.9 Å². The average molecular weight is 510 g/mol. The SMILES string of the molecule is C=CC(C)(C(C)C)C(O)OC1C2CC3C1OC(O)C3C2C(O)OCC(F)(F)C(F)(F)C(F)(F)F. The van der Waals surface area contributed by atoms with E-state index in [1.54, 1.807) is 6.92 Å². The van der Waals surface area contributed by atoms with Crippen molar-refractivity contribution < 1.29 is 60.3 Å². The van der Waals surface area contributed by atoms with Crippen molar-refractivity contribution in [1.82, 2.24) is 0 Å². The van der Waals surface area contributed by atoms with Crippen LogP contribution >= 0.6 is 0 Å². The van der Waals surface area contributed by atoms with Gasteiger partial charge in [-0.3, -0.25) is 0 Å². The molecule has 1 heterocycles. The maximum atomic E-state index is 13.6. The molecule has 10 atom stereocenters. The first kappa shape index (κ1) is 27.6. The summed E-state index contributed by atoms with van der Waals surface area (Å²) in [7, 11) is 0. The first-order valence-corrected chi connectivity index (χ1v) is 10.8. The van der Waals surface area contributed by atoms with Crippen molar-refractivity contribution in [2.75, 3.05) is 6.61 Å². The van der Waals surface area contributed by atoms with Gasteiger partial charge in [0.25, 0.3) is 0 Å². The van der Waals surface area contributed by atoms with Crippen LogP contribution in [0.3, 0.4) is 0 Å². The molecular weight excluding hydrogens is 481 g/mol. The van der Waals surface area contributed by atoms with Crippen molar-refractivity contribution >= 4 is 0 Å². The van der Waals surface area contributed by atoms with Crippen LogP contribution in [-0.2, 0) is 14.2 Å². The van der Waals surface area contributed by atoms with E-state index in [1.165, 1.54) is 6.08 Å². The third-order valence-corrected chi connectivity index (χ3v) is 7.85. The lowest BCUT2D eigenvalue weighted by atomic mass is 9.76. The van der Waals surface area contributed by atoms with Gasteiger partial charge >= 0.3 is 18.0 Å². The Labute approximate surface area is 191 Å². The van der Waals surface area contributed by atoms with Gasteiger partial charge in [-0.1, -0.05) is 26.8 Å². The molecule has 3 fully saturated rings. The van der Waals surface area contributed by atoms with Crippen LogP contribution < -0.4 is 0 Å². The van der Waals surface area contributed by atoms with Crippen molar-refractivity contribution in [3.05, 3.63) is 12.7 Å². The van der Waals surface area contributed by atoms with E-state index >= 15 is 0 Å². The highest BCUT2D eigenvalue weighted by Crippen LogP contribution is 2.61. The number of aliphatic hydroxyl groups is 3. The zero-order chi connectivity index (χ0) is 26.0. The van der Waals surface area contributed by atoms with Crippen molar-refractivity contribution in [3.63, 3.8) is 0 Å². The summed E-state index contributed by atoms with van der Waals surface area (Å²) >= 11 is 0. The van der Waals surface area contributed by atoms with Crippen LogP contribution in [0, 0.1) is 35.0 Å². The maximum Gasteiger partial charge on any atom is 0.459 e. The molecule has 1 saturated heterocycles. The van der Waals surface area contributed by atoms with E-state index in [4.69, 9.17) is 9.47 Å². The van der Waals surface area contributed by atoms with E-state index in [9.17, 15) is 46.1 Å². The van der Waals surface area contributed by atoms with Gasteiger partial charge in [-0.2, -0.15) is 30.7 Å². The van der Waals surface area contributed by atoms with Crippen LogP contribution in [0.5, 0.6) is 0 Å². The molecule has 3 aliphatic rings. The van der Waals surface area contributed by atoms with Gasteiger partial charge < -0.3 is 29.5 Å². The number of halogens is 7. The maximum absolute atomic E-state index is 13.6. The van der Waals surface area contributed by atoms with E-state index in [0.29, 0.717) is 0 Å². The fourth-order valence-corrected chi connectivity index (χ4v) is 5.32. The minimum atomic E-state index is -6.52. The molecule has 3 rings (SSSR count). The summed E-state index contributed by atoms with van der Waals surface area (Å²) in [6, 6.07) is 0. The van der Waals surface area contributed by atoms with Crippen LogP contribution in [0.2, 0.25) is 0 Å². The van der Waals surface area contributed by atoms with Crippen LogP contribution in [0.4, 0.5) is 30.7 Å². The fourth-order valence-electron chi connectivity index (χ4n) is 5.32. The zero-order valence-electron chi connectivity index (χ0n) is 18.7. The average Bonchev–Trinajstić information content (AvgIpc) is 3.33. The van der Waals surface area contributed by atoms with Crippen LogP contribution in [0.1, 0.15) is 27.2 Å². The molecule has 13 heteroatoms. The molecule has 6 nitrogen and oxygen atoms in total. The Balaban J connectivity index is 1.76. The van der Waals surface area contributed by atoms with Crippen molar-refractivity contribution in [3.8, 4) is 0 Å². The Morgan fingerprint density at radius 2 is 1.68 bits per heavy atom. The highest BCUT2D eigenvalue weighted by atomic mass is 19.4. The van der Waals surface area contributed by atoms with Gasteiger partial charge in [0.2, 0.25) is 0 Å². The molecule has 10 unspecified atom stereocenters. The second-order valence-corrected chi connectivity index (χ2v) is 9.87. The molecule has 0 aromatic carbocycles. The summed E-state index contributed by atoms with van der Waals surface area (Å²) in [5.41, 5.74) is -0.908. The Morgan fingerprint density at radius 1 is 1.09 bits per heavy atom. The third kappa shape index (κ3) is 4.15. The topological polar surface area (TPSA) is 88.4 Å². The van der Waals surface area contributed by atoms with Gasteiger partial charge in [-0.15, -0.1) is 6.58 Å². The Kier molecular flexibility index (Phi) is 7.17. The molecule has 1 aliphatic heterocycles. The minimum absolute atomic E-state index is 0.122. The smallest absolute Gasteiger partial charge is 0.368 e. The molecule has 2 bridgehead atoms. The lowest BCUT2D eigenvalue weighted by Crippen LogP contribution is -2.55. The summed E-state index contributed by atoms with van der Waals surface area (Å²) in [4.78, 5) is 0. The molecule has 198 valence electrons. The van der Waals surface area contributed by atoms with Crippen LogP contribution in [0.25, 0.3) is 0 Å². The molecular formula is C21H29F7O6. The Morgan fingerprint density at radius 3 is 2.18 bits per heavy atom. The summed E-state index contributed by atoms with van der Waals surface area (Å²) < 4.78 is 106. The van der Waals surface area contributed by atoms with E-state index in [1.807, 2.05) is 13.8 Å².